The number of rotatable bonds is 3. The van der Waals surface area contributed by atoms with Crippen molar-refractivity contribution in [2.24, 2.45) is 0 Å². The topological polar surface area (TPSA) is 37.8 Å². The van der Waals surface area contributed by atoms with Gasteiger partial charge in [-0.05, 0) is 49.7 Å². The number of hydrogen-bond acceptors (Lipinski definition) is 3. The van der Waals surface area contributed by atoms with Gasteiger partial charge in [-0.3, -0.25) is 0 Å². The molecule has 0 unspecified atom stereocenters. The summed E-state index contributed by atoms with van der Waals surface area (Å²) in [6, 6.07) is 8.51. The number of nitrogens with one attached hydrogen (secondary N) is 1. The molecule has 2 aromatic rings. The molecule has 88 valence electrons. The normalized spacial score (nSPS) is 10.3. The van der Waals surface area contributed by atoms with Gasteiger partial charge >= 0.3 is 0 Å². The third-order valence-corrected chi connectivity index (χ3v) is 2.36. The van der Waals surface area contributed by atoms with E-state index in [1.807, 2.05) is 32.0 Å². The Morgan fingerprint density at radius 2 is 2.00 bits per heavy atom. The van der Waals surface area contributed by atoms with Crippen LogP contribution in [0.2, 0.25) is 0 Å². The highest BCUT2D eigenvalue weighted by molar-refractivity contribution is 5.60. The van der Waals surface area contributed by atoms with Crippen LogP contribution in [0.1, 0.15) is 12.5 Å². The molecule has 17 heavy (non-hydrogen) atoms. The summed E-state index contributed by atoms with van der Waals surface area (Å²) in [6.45, 7) is 4.64. The van der Waals surface area contributed by atoms with Crippen molar-refractivity contribution in [1.29, 1.82) is 0 Å². The van der Waals surface area contributed by atoms with E-state index in [-0.39, 0.29) is 5.82 Å². The van der Waals surface area contributed by atoms with E-state index in [0.29, 0.717) is 5.69 Å². The van der Waals surface area contributed by atoms with Crippen LogP contribution in [0, 0.1) is 12.7 Å². The fraction of sp³-hybridized carbons (Fsp3) is 0.231. The maximum absolute atomic E-state index is 13.3. The van der Waals surface area contributed by atoms with Crippen LogP contribution >= 0.6 is 0 Å². The molecule has 0 aliphatic rings. The van der Waals surface area contributed by atoms with Gasteiger partial charge in [0.25, 0.3) is 0 Å². The van der Waals surface area contributed by atoms with Crippen molar-refractivity contribution in [1.82, 2.24) is 10.2 Å². The average Bonchev–Trinajstić information content (AvgIpc) is 2.29. The zero-order chi connectivity index (χ0) is 12.3. The first-order valence-corrected chi connectivity index (χ1v) is 5.54. The van der Waals surface area contributed by atoms with Crippen LogP contribution in [0.5, 0.6) is 0 Å². The summed E-state index contributed by atoms with van der Waals surface area (Å²) in [6.07, 6.45) is 0. The average molecular weight is 231 g/mol. The monoisotopic (exact) mass is 231 g/mol. The standard InChI is InChI=1S/C13H14FN3/c1-3-15-13-5-4-12(16-17-13)10-6-9(2)7-11(14)8-10/h4-8H,3H2,1-2H3,(H,15,17). The lowest BCUT2D eigenvalue weighted by Gasteiger charge is -2.04. The van der Waals surface area contributed by atoms with Crippen LogP contribution in [0.4, 0.5) is 10.2 Å². The van der Waals surface area contributed by atoms with E-state index in [2.05, 4.69) is 15.5 Å². The van der Waals surface area contributed by atoms with E-state index in [1.54, 1.807) is 0 Å². The van der Waals surface area contributed by atoms with Gasteiger partial charge in [-0.1, -0.05) is 0 Å². The maximum Gasteiger partial charge on any atom is 0.148 e. The lowest BCUT2D eigenvalue weighted by atomic mass is 10.1. The Hall–Kier alpha value is -1.97. The molecule has 3 nitrogen and oxygen atoms in total. The minimum atomic E-state index is -0.252. The fourth-order valence-corrected chi connectivity index (χ4v) is 1.65. The lowest BCUT2D eigenvalue weighted by molar-refractivity contribution is 0.627. The third-order valence-electron chi connectivity index (χ3n) is 2.36. The number of halogens is 1. The van der Waals surface area contributed by atoms with Crippen LogP contribution in [0.25, 0.3) is 11.3 Å². The smallest absolute Gasteiger partial charge is 0.148 e. The fourth-order valence-electron chi connectivity index (χ4n) is 1.65. The highest BCUT2D eigenvalue weighted by Crippen LogP contribution is 2.19. The Kier molecular flexibility index (Phi) is 3.32. The number of aryl methyl sites for hydroxylation is 1. The third kappa shape index (κ3) is 2.78. The van der Waals surface area contributed by atoms with Crippen LogP contribution < -0.4 is 5.32 Å². The highest BCUT2D eigenvalue weighted by Gasteiger charge is 2.03. The molecule has 1 aromatic carbocycles. The molecular formula is C13H14FN3. The van der Waals surface area contributed by atoms with E-state index in [1.165, 1.54) is 12.1 Å². The van der Waals surface area contributed by atoms with Gasteiger partial charge in [-0.15, -0.1) is 10.2 Å². The molecule has 0 fully saturated rings. The molecule has 0 atom stereocenters. The molecule has 0 saturated carbocycles. The van der Waals surface area contributed by atoms with Crippen molar-refractivity contribution in [2.45, 2.75) is 13.8 Å². The van der Waals surface area contributed by atoms with E-state index < -0.39 is 0 Å². The van der Waals surface area contributed by atoms with Crippen molar-refractivity contribution in [2.75, 3.05) is 11.9 Å². The van der Waals surface area contributed by atoms with Gasteiger partial charge in [0.2, 0.25) is 0 Å². The second-order valence-corrected chi connectivity index (χ2v) is 3.85. The highest BCUT2D eigenvalue weighted by atomic mass is 19.1. The van der Waals surface area contributed by atoms with E-state index in [0.717, 1.165) is 23.5 Å². The van der Waals surface area contributed by atoms with Gasteiger partial charge < -0.3 is 5.32 Å². The van der Waals surface area contributed by atoms with Gasteiger partial charge in [-0.25, -0.2) is 4.39 Å². The van der Waals surface area contributed by atoms with Gasteiger partial charge in [0, 0.05) is 12.1 Å². The van der Waals surface area contributed by atoms with E-state index in [9.17, 15) is 4.39 Å². The zero-order valence-corrected chi connectivity index (χ0v) is 9.87. The lowest BCUT2D eigenvalue weighted by Crippen LogP contribution is -2.00. The summed E-state index contributed by atoms with van der Waals surface area (Å²) in [4.78, 5) is 0. The molecule has 1 aromatic heterocycles. The van der Waals surface area contributed by atoms with Crippen molar-refractivity contribution < 1.29 is 4.39 Å². The number of hydrogen-bond donors (Lipinski definition) is 1. The molecule has 4 heteroatoms. The second-order valence-electron chi connectivity index (χ2n) is 3.85. The summed E-state index contributed by atoms with van der Waals surface area (Å²) in [5.74, 6) is 0.474. The Morgan fingerprint density at radius 1 is 1.18 bits per heavy atom. The molecule has 2 rings (SSSR count). The molecule has 0 aliphatic carbocycles. The Bertz CT molecular complexity index is 488. The van der Waals surface area contributed by atoms with Crippen LogP contribution in [0.3, 0.4) is 0 Å². The molecule has 0 aliphatic heterocycles. The summed E-state index contributed by atoms with van der Waals surface area (Å²) in [7, 11) is 0. The molecule has 1 N–H and O–H groups in total. The quantitative estimate of drug-likeness (QED) is 0.882. The van der Waals surface area contributed by atoms with Crippen LogP contribution in [-0.2, 0) is 0 Å². The molecule has 0 bridgehead atoms. The van der Waals surface area contributed by atoms with Crippen molar-refractivity contribution in [3.63, 3.8) is 0 Å². The van der Waals surface area contributed by atoms with Gasteiger partial charge in [0.05, 0.1) is 5.69 Å². The first kappa shape index (κ1) is 11.5. The summed E-state index contributed by atoms with van der Waals surface area (Å²) >= 11 is 0. The molecule has 0 saturated heterocycles. The first-order valence-electron chi connectivity index (χ1n) is 5.54. The number of anilines is 1. The largest absolute Gasteiger partial charge is 0.369 e. The molecule has 1 heterocycles. The first-order chi connectivity index (χ1) is 8.19. The van der Waals surface area contributed by atoms with Gasteiger partial charge in [0.15, 0.2) is 0 Å². The van der Waals surface area contributed by atoms with Gasteiger partial charge in [0.1, 0.15) is 11.6 Å². The number of aromatic nitrogens is 2. The van der Waals surface area contributed by atoms with Crippen molar-refractivity contribution >= 4 is 5.82 Å². The predicted molar refractivity (Wildman–Crippen MR) is 66.3 cm³/mol. The SMILES string of the molecule is CCNc1ccc(-c2cc(C)cc(F)c2)nn1. The molecule has 0 radical (unpaired) electrons. The van der Waals surface area contributed by atoms with Crippen molar-refractivity contribution in [3.8, 4) is 11.3 Å². The molecule has 0 spiro atoms. The minimum Gasteiger partial charge on any atom is -0.369 e. The summed E-state index contributed by atoms with van der Waals surface area (Å²) in [5.41, 5.74) is 2.30. The molecule has 0 amide bonds. The number of nitrogens with zero attached hydrogens (tertiary/aromatic N) is 2. The summed E-state index contributed by atoms with van der Waals surface area (Å²) < 4.78 is 13.3. The maximum atomic E-state index is 13.3. The van der Waals surface area contributed by atoms with Crippen molar-refractivity contribution in [3.05, 3.63) is 41.7 Å². The Balaban J connectivity index is 2.32. The molecular weight excluding hydrogens is 217 g/mol. The Labute approximate surface area is 99.7 Å². The van der Waals surface area contributed by atoms with Crippen LogP contribution in [0.15, 0.2) is 30.3 Å². The van der Waals surface area contributed by atoms with E-state index in [4.69, 9.17) is 0 Å². The second kappa shape index (κ2) is 4.91. The predicted octanol–water partition coefficient (Wildman–Crippen LogP) is 3.02. The summed E-state index contributed by atoms with van der Waals surface area (Å²) in [5, 5.41) is 11.2. The number of benzene rings is 1. The Morgan fingerprint density at radius 3 is 2.59 bits per heavy atom. The minimum absolute atomic E-state index is 0.252. The van der Waals surface area contributed by atoms with Gasteiger partial charge in [-0.2, -0.15) is 0 Å². The zero-order valence-electron chi connectivity index (χ0n) is 9.87. The van der Waals surface area contributed by atoms with E-state index >= 15 is 0 Å². The van der Waals surface area contributed by atoms with Crippen LogP contribution in [-0.4, -0.2) is 16.7 Å².